The number of rotatable bonds is 3. The Kier molecular flexibility index (Phi) is 6.14. The molecule has 2 heterocycles. The number of thioether (sulfide) groups is 1. The minimum atomic E-state index is -0.453. The molecular weight excluding hydrogens is 334 g/mol. The predicted octanol–water partition coefficient (Wildman–Crippen LogP) is 4.18. The van der Waals surface area contributed by atoms with Gasteiger partial charge in [0.05, 0.1) is 0 Å². The molecule has 1 saturated heterocycles. The third-order valence-corrected chi connectivity index (χ3v) is 4.98. The molecule has 23 heavy (non-hydrogen) atoms. The molecule has 5 nitrogen and oxygen atoms in total. The Morgan fingerprint density at radius 1 is 1.52 bits per heavy atom. The van der Waals surface area contributed by atoms with Gasteiger partial charge in [0.25, 0.3) is 0 Å². The lowest BCUT2D eigenvalue weighted by Crippen LogP contribution is -2.43. The van der Waals surface area contributed by atoms with Crippen molar-refractivity contribution >= 4 is 29.5 Å². The molecule has 0 unspecified atom stereocenters. The molecule has 0 radical (unpaired) electrons. The zero-order valence-corrected chi connectivity index (χ0v) is 15.7. The van der Waals surface area contributed by atoms with Gasteiger partial charge in [0, 0.05) is 30.6 Å². The van der Waals surface area contributed by atoms with E-state index in [0.717, 1.165) is 37.2 Å². The maximum Gasteiger partial charge on any atom is 0.410 e. The van der Waals surface area contributed by atoms with Crippen molar-refractivity contribution in [3.8, 4) is 0 Å². The van der Waals surface area contributed by atoms with Crippen LogP contribution in [-0.2, 0) is 4.74 Å². The average molecular weight is 358 g/mol. The van der Waals surface area contributed by atoms with Crippen molar-refractivity contribution in [2.24, 2.45) is 5.92 Å². The second-order valence-corrected chi connectivity index (χ2v) is 8.22. The molecule has 1 aromatic heterocycles. The van der Waals surface area contributed by atoms with Crippen LogP contribution < -0.4 is 0 Å². The monoisotopic (exact) mass is 357 g/mol. The van der Waals surface area contributed by atoms with Crippen molar-refractivity contribution in [1.29, 1.82) is 0 Å². The zero-order chi connectivity index (χ0) is 17.0. The lowest BCUT2D eigenvalue weighted by Gasteiger charge is -2.33. The van der Waals surface area contributed by atoms with Crippen molar-refractivity contribution in [2.45, 2.75) is 51.3 Å². The molecule has 2 rings (SSSR count). The standard InChI is InChI=1S/C16H24ClN3O2S/c1-11-8-18-14(19-13(11)17)23-10-12-6-5-7-20(9-12)15(21)22-16(2,3)4/h8,12H,5-7,9-10H2,1-4H3/t12-/m0/s1. The summed E-state index contributed by atoms with van der Waals surface area (Å²) in [6.07, 6.45) is 3.62. The van der Waals surface area contributed by atoms with Gasteiger partial charge in [-0.3, -0.25) is 0 Å². The molecule has 0 N–H and O–H groups in total. The van der Waals surface area contributed by atoms with Crippen LogP contribution in [-0.4, -0.2) is 45.4 Å². The van der Waals surface area contributed by atoms with E-state index in [9.17, 15) is 4.79 Å². The van der Waals surface area contributed by atoms with Crippen molar-refractivity contribution in [2.75, 3.05) is 18.8 Å². The summed E-state index contributed by atoms with van der Waals surface area (Å²) in [6.45, 7) is 9.04. The average Bonchev–Trinajstić information content (AvgIpc) is 2.47. The molecule has 0 aliphatic carbocycles. The second-order valence-electron chi connectivity index (χ2n) is 6.87. The molecular formula is C16H24ClN3O2S. The van der Waals surface area contributed by atoms with E-state index in [1.807, 2.05) is 32.6 Å². The molecule has 1 aliphatic heterocycles. The van der Waals surface area contributed by atoms with Gasteiger partial charge in [0.15, 0.2) is 5.16 Å². The van der Waals surface area contributed by atoms with Crippen LogP contribution in [0.1, 0.15) is 39.2 Å². The SMILES string of the molecule is Cc1cnc(SC[C@H]2CCCN(C(=O)OC(C)(C)C)C2)nc1Cl. The third kappa shape index (κ3) is 5.84. The van der Waals surface area contributed by atoms with Crippen LogP contribution >= 0.6 is 23.4 Å². The van der Waals surface area contributed by atoms with Gasteiger partial charge in [0.1, 0.15) is 10.8 Å². The molecule has 128 valence electrons. The molecule has 1 fully saturated rings. The Labute approximate surface area is 147 Å². The first-order chi connectivity index (χ1) is 10.7. The fourth-order valence-corrected chi connectivity index (χ4v) is 3.48. The first-order valence-electron chi connectivity index (χ1n) is 7.84. The van der Waals surface area contributed by atoms with Crippen LogP contribution in [0.4, 0.5) is 4.79 Å². The van der Waals surface area contributed by atoms with E-state index < -0.39 is 5.60 Å². The Hall–Kier alpha value is -1.01. The topological polar surface area (TPSA) is 55.3 Å². The van der Waals surface area contributed by atoms with Gasteiger partial charge in [-0.25, -0.2) is 14.8 Å². The Balaban J connectivity index is 1.86. The van der Waals surface area contributed by atoms with Crippen molar-refractivity contribution in [3.63, 3.8) is 0 Å². The number of piperidine rings is 1. The summed E-state index contributed by atoms with van der Waals surface area (Å²) in [5.74, 6) is 1.29. The number of hydrogen-bond acceptors (Lipinski definition) is 5. The van der Waals surface area contributed by atoms with Gasteiger partial charge in [-0.2, -0.15) is 0 Å². The van der Waals surface area contributed by atoms with Crippen LogP contribution in [0.25, 0.3) is 0 Å². The van der Waals surface area contributed by atoms with E-state index in [1.54, 1.807) is 18.0 Å². The van der Waals surface area contributed by atoms with E-state index in [2.05, 4.69) is 9.97 Å². The predicted molar refractivity (Wildman–Crippen MR) is 93.0 cm³/mol. The number of aromatic nitrogens is 2. The number of aryl methyl sites for hydroxylation is 1. The molecule has 1 aliphatic rings. The van der Waals surface area contributed by atoms with Gasteiger partial charge in [0.2, 0.25) is 0 Å². The van der Waals surface area contributed by atoms with Gasteiger partial charge in [-0.15, -0.1) is 0 Å². The first-order valence-corrected chi connectivity index (χ1v) is 9.21. The highest BCUT2D eigenvalue weighted by Gasteiger charge is 2.27. The minimum absolute atomic E-state index is 0.221. The first kappa shape index (κ1) is 18.3. The summed E-state index contributed by atoms with van der Waals surface area (Å²) in [7, 11) is 0. The van der Waals surface area contributed by atoms with Crippen LogP contribution in [0, 0.1) is 12.8 Å². The summed E-state index contributed by atoms with van der Waals surface area (Å²) >= 11 is 7.62. The maximum atomic E-state index is 12.2. The lowest BCUT2D eigenvalue weighted by atomic mass is 10.0. The fraction of sp³-hybridized carbons (Fsp3) is 0.688. The van der Waals surface area contributed by atoms with E-state index >= 15 is 0 Å². The highest BCUT2D eigenvalue weighted by Crippen LogP contribution is 2.26. The van der Waals surface area contributed by atoms with Gasteiger partial charge in [-0.05, 0) is 46.5 Å². The van der Waals surface area contributed by atoms with E-state index in [1.165, 1.54) is 0 Å². The number of carbonyl (C=O) groups excluding carboxylic acids is 1. The molecule has 0 aromatic carbocycles. The second kappa shape index (κ2) is 7.71. The van der Waals surface area contributed by atoms with Crippen LogP contribution in [0.15, 0.2) is 11.4 Å². The number of halogens is 1. The van der Waals surface area contributed by atoms with Gasteiger partial charge >= 0.3 is 6.09 Å². The van der Waals surface area contributed by atoms with E-state index in [-0.39, 0.29) is 6.09 Å². The number of amides is 1. The van der Waals surface area contributed by atoms with Crippen LogP contribution in [0.2, 0.25) is 5.15 Å². The Morgan fingerprint density at radius 3 is 2.91 bits per heavy atom. The smallest absolute Gasteiger partial charge is 0.410 e. The quantitative estimate of drug-likeness (QED) is 0.461. The molecule has 1 aromatic rings. The Morgan fingerprint density at radius 2 is 2.26 bits per heavy atom. The summed E-state index contributed by atoms with van der Waals surface area (Å²) in [4.78, 5) is 22.5. The van der Waals surface area contributed by atoms with E-state index in [4.69, 9.17) is 16.3 Å². The zero-order valence-electron chi connectivity index (χ0n) is 14.1. The van der Waals surface area contributed by atoms with Crippen molar-refractivity contribution in [3.05, 3.63) is 16.9 Å². The Bertz CT molecular complexity index is 563. The molecule has 0 saturated carbocycles. The van der Waals surface area contributed by atoms with Crippen molar-refractivity contribution in [1.82, 2.24) is 14.9 Å². The summed E-state index contributed by atoms with van der Waals surface area (Å²) in [5.41, 5.74) is 0.426. The number of hydrogen-bond donors (Lipinski definition) is 0. The minimum Gasteiger partial charge on any atom is -0.444 e. The number of carbonyl (C=O) groups is 1. The third-order valence-electron chi connectivity index (χ3n) is 3.51. The number of ether oxygens (including phenoxy) is 1. The van der Waals surface area contributed by atoms with E-state index in [0.29, 0.717) is 16.2 Å². The van der Waals surface area contributed by atoms with Crippen LogP contribution in [0.5, 0.6) is 0 Å². The summed E-state index contributed by atoms with van der Waals surface area (Å²) < 4.78 is 5.46. The van der Waals surface area contributed by atoms with Crippen LogP contribution in [0.3, 0.4) is 0 Å². The lowest BCUT2D eigenvalue weighted by molar-refractivity contribution is 0.0177. The largest absolute Gasteiger partial charge is 0.444 e. The molecule has 0 spiro atoms. The summed E-state index contributed by atoms with van der Waals surface area (Å²) in [6, 6.07) is 0. The number of nitrogens with zero attached hydrogens (tertiary/aromatic N) is 3. The molecule has 1 atom stereocenters. The molecule has 0 bridgehead atoms. The maximum absolute atomic E-state index is 12.2. The highest BCUT2D eigenvalue weighted by molar-refractivity contribution is 7.99. The number of likely N-dealkylation sites (tertiary alicyclic amines) is 1. The van der Waals surface area contributed by atoms with Gasteiger partial charge in [-0.1, -0.05) is 23.4 Å². The van der Waals surface area contributed by atoms with Gasteiger partial charge < -0.3 is 9.64 Å². The fourth-order valence-electron chi connectivity index (χ4n) is 2.36. The van der Waals surface area contributed by atoms with Crippen molar-refractivity contribution < 1.29 is 9.53 Å². The molecule has 7 heteroatoms. The molecule has 1 amide bonds. The summed E-state index contributed by atoms with van der Waals surface area (Å²) in [5, 5.41) is 1.19. The normalized spacial score (nSPS) is 18.8. The highest BCUT2D eigenvalue weighted by atomic mass is 35.5.